The van der Waals surface area contributed by atoms with Gasteiger partial charge in [0.2, 0.25) is 0 Å². The van der Waals surface area contributed by atoms with E-state index in [-0.39, 0.29) is 6.04 Å². The predicted molar refractivity (Wildman–Crippen MR) is 71.9 cm³/mol. The van der Waals surface area contributed by atoms with E-state index in [0.29, 0.717) is 0 Å². The van der Waals surface area contributed by atoms with Crippen molar-refractivity contribution >= 4 is 11.6 Å². The first kappa shape index (κ1) is 13.5. The maximum atomic E-state index is 6.09. The van der Waals surface area contributed by atoms with Crippen molar-refractivity contribution in [2.24, 2.45) is 5.73 Å². The molecule has 0 amide bonds. The van der Waals surface area contributed by atoms with Crippen molar-refractivity contribution in [3.05, 3.63) is 34.9 Å². The Hall–Kier alpha value is -0.530. The van der Waals surface area contributed by atoms with Gasteiger partial charge >= 0.3 is 0 Å². The quantitative estimate of drug-likeness (QED) is 0.710. The van der Waals surface area contributed by atoms with Crippen molar-refractivity contribution in [1.82, 2.24) is 0 Å². The second kappa shape index (κ2) is 7.70. The number of hydrogen-bond donors (Lipinski definition) is 1. The fraction of sp³-hybridized carbons (Fsp3) is 0.571. The van der Waals surface area contributed by atoms with Gasteiger partial charge in [-0.3, -0.25) is 0 Å². The Labute approximate surface area is 104 Å². The minimum atomic E-state index is 0.290. The Kier molecular flexibility index (Phi) is 6.51. The summed E-state index contributed by atoms with van der Waals surface area (Å²) >= 11 is 5.84. The summed E-state index contributed by atoms with van der Waals surface area (Å²) in [4.78, 5) is 0. The normalized spacial score (nSPS) is 12.7. The van der Waals surface area contributed by atoms with Gasteiger partial charge in [-0.25, -0.2) is 0 Å². The van der Waals surface area contributed by atoms with Crippen LogP contribution in [0.5, 0.6) is 0 Å². The topological polar surface area (TPSA) is 26.0 Å². The molecule has 0 aliphatic carbocycles. The maximum Gasteiger partial charge on any atom is 0.0406 e. The molecule has 0 aliphatic heterocycles. The molecule has 1 nitrogen and oxygen atoms in total. The Balaban J connectivity index is 2.23. The molecule has 2 N–H and O–H groups in total. The molecule has 1 atom stereocenters. The zero-order chi connectivity index (χ0) is 11.8. The lowest BCUT2D eigenvalue weighted by atomic mass is 10.0. The van der Waals surface area contributed by atoms with Crippen molar-refractivity contribution in [3.63, 3.8) is 0 Å². The molecule has 0 saturated heterocycles. The van der Waals surface area contributed by atoms with Crippen molar-refractivity contribution < 1.29 is 0 Å². The first-order valence-electron chi connectivity index (χ1n) is 6.22. The van der Waals surface area contributed by atoms with Crippen molar-refractivity contribution in [2.75, 3.05) is 0 Å². The zero-order valence-corrected chi connectivity index (χ0v) is 10.8. The van der Waals surface area contributed by atoms with E-state index < -0.39 is 0 Å². The Bertz CT molecular complexity index is 281. The van der Waals surface area contributed by atoms with E-state index in [1.807, 2.05) is 12.1 Å². The summed E-state index contributed by atoms with van der Waals surface area (Å²) in [7, 11) is 0. The molecule has 0 saturated carbocycles. The average Bonchev–Trinajstić information content (AvgIpc) is 2.28. The minimum absolute atomic E-state index is 0.290. The van der Waals surface area contributed by atoms with Crippen LogP contribution in [0, 0.1) is 0 Å². The lowest BCUT2D eigenvalue weighted by molar-refractivity contribution is 0.546. The van der Waals surface area contributed by atoms with Gasteiger partial charge in [0.15, 0.2) is 0 Å². The highest BCUT2D eigenvalue weighted by molar-refractivity contribution is 6.30. The molecule has 90 valence electrons. The third kappa shape index (κ3) is 5.53. The van der Waals surface area contributed by atoms with E-state index in [4.69, 9.17) is 17.3 Å². The van der Waals surface area contributed by atoms with Crippen LogP contribution in [0.15, 0.2) is 24.3 Å². The van der Waals surface area contributed by atoms with Crippen molar-refractivity contribution in [1.29, 1.82) is 0 Å². The minimum Gasteiger partial charge on any atom is -0.327 e. The Morgan fingerprint density at radius 1 is 1.12 bits per heavy atom. The standard InChI is InChI=1S/C14H22ClN/c1-2-3-4-5-6-14(16)11-12-7-9-13(15)10-8-12/h7-10,14H,2-6,11,16H2,1H3. The molecule has 16 heavy (non-hydrogen) atoms. The van der Waals surface area contributed by atoms with E-state index in [1.54, 1.807) is 0 Å². The maximum absolute atomic E-state index is 6.09. The van der Waals surface area contributed by atoms with Gasteiger partial charge in [-0.15, -0.1) is 0 Å². The lowest BCUT2D eigenvalue weighted by Crippen LogP contribution is -2.22. The van der Waals surface area contributed by atoms with E-state index in [2.05, 4.69) is 19.1 Å². The number of benzene rings is 1. The summed E-state index contributed by atoms with van der Waals surface area (Å²) in [5, 5.41) is 0.792. The van der Waals surface area contributed by atoms with Crippen LogP contribution in [0.4, 0.5) is 0 Å². The Morgan fingerprint density at radius 3 is 2.44 bits per heavy atom. The molecule has 1 aromatic carbocycles. The predicted octanol–water partition coefficient (Wildman–Crippen LogP) is 4.18. The fourth-order valence-corrected chi connectivity index (χ4v) is 1.98. The molecule has 2 heteroatoms. The van der Waals surface area contributed by atoms with Crippen molar-refractivity contribution in [2.45, 2.75) is 51.5 Å². The SMILES string of the molecule is CCCCCCC(N)Cc1ccc(Cl)cc1. The lowest BCUT2D eigenvalue weighted by Gasteiger charge is -2.11. The summed E-state index contributed by atoms with van der Waals surface area (Å²) in [5.41, 5.74) is 7.38. The summed E-state index contributed by atoms with van der Waals surface area (Å²) in [6, 6.07) is 8.28. The van der Waals surface area contributed by atoms with Crippen LogP contribution < -0.4 is 5.73 Å². The van der Waals surface area contributed by atoms with Gasteiger partial charge in [-0.05, 0) is 30.5 Å². The molecule has 1 rings (SSSR count). The molecule has 1 aromatic rings. The van der Waals surface area contributed by atoms with E-state index in [0.717, 1.165) is 17.9 Å². The second-order valence-corrected chi connectivity index (χ2v) is 4.88. The van der Waals surface area contributed by atoms with E-state index >= 15 is 0 Å². The first-order chi connectivity index (χ1) is 7.72. The molecular formula is C14H22ClN. The highest BCUT2D eigenvalue weighted by atomic mass is 35.5. The van der Waals surface area contributed by atoms with Gasteiger partial charge in [-0.1, -0.05) is 56.3 Å². The first-order valence-corrected chi connectivity index (χ1v) is 6.60. The second-order valence-electron chi connectivity index (χ2n) is 4.44. The van der Waals surface area contributed by atoms with Crippen LogP contribution in [0.3, 0.4) is 0 Å². The summed E-state index contributed by atoms with van der Waals surface area (Å²) in [5.74, 6) is 0. The smallest absolute Gasteiger partial charge is 0.0406 e. The largest absolute Gasteiger partial charge is 0.327 e. The van der Waals surface area contributed by atoms with Crippen LogP contribution in [0.2, 0.25) is 5.02 Å². The third-order valence-corrected chi connectivity index (χ3v) is 3.09. The van der Waals surface area contributed by atoms with Gasteiger partial charge in [0, 0.05) is 11.1 Å². The summed E-state index contributed by atoms with van der Waals surface area (Å²) in [6.45, 7) is 2.23. The number of hydrogen-bond acceptors (Lipinski definition) is 1. The highest BCUT2D eigenvalue weighted by Crippen LogP contribution is 2.13. The molecule has 1 unspecified atom stereocenters. The molecule has 0 aliphatic rings. The number of rotatable bonds is 7. The molecule has 0 radical (unpaired) electrons. The number of halogens is 1. The van der Waals surface area contributed by atoms with Crippen LogP contribution in [0.1, 0.15) is 44.6 Å². The number of nitrogens with two attached hydrogens (primary N) is 1. The van der Waals surface area contributed by atoms with Crippen LogP contribution >= 0.6 is 11.6 Å². The highest BCUT2D eigenvalue weighted by Gasteiger charge is 2.03. The van der Waals surface area contributed by atoms with Gasteiger partial charge < -0.3 is 5.73 Å². The average molecular weight is 240 g/mol. The summed E-state index contributed by atoms with van der Waals surface area (Å²) in [6.07, 6.45) is 7.26. The van der Waals surface area contributed by atoms with Gasteiger partial charge in [0.1, 0.15) is 0 Å². The van der Waals surface area contributed by atoms with Crippen LogP contribution in [-0.4, -0.2) is 6.04 Å². The van der Waals surface area contributed by atoms with Gasteiger partial charge in [-0.2, -0.15) is 0 Å². The Morgan fingerprint density at radius 2 is 1.81 bits per heavy atom. The molecular weight excluding hydrogens is 218 g/mol. The van der Waals surface area contributed by atoms with Crippen LogP contribution in [-0.2, 0) is 6.42 Å². The molecule has 0 spiro atoms. The van der Waals surface area contributed by atoms with Crippen LogP contribution in [0.25, 0.3) is 0 Å². The summed E-state index contributed by atoms with van der Waals surface area (Å²) < 4.78 is 0. The molecule has 0 fully saturated rings. The zero-order valence-electron chi connectivity index (χ0n) is 10.1. The molecule has 0 bridgehead atoms. The number of unbranched alkanes of at least 4 members (excludes halogenated alkanes) is 3. The van der Waals surface area contributed by atoms with Crippen molar-refractivity contribution in [3.8, 4) is 0 Å². The van der Waals surface area contributed by atoms with Gasteiger partial charge in [0.25, 0.3) is 0 Å². The fourth-order valence-electron chi connectivity index (χ4n) is 1.86. The monoisotopic (exact) mass is 239 g/mol. The third-order valence-electron chi connectivity index (χ3n) is 2.84. The molecule has 0 heterocycles. The van der Waals surface area contributed by atoms with Gasteiger partial charge in [0.05, 0.1) is 0 Å². The van der Waals surface area contributed by atoms with E-state index in [1.165, 1.54) is 31.2 Å². The molecule has 0 aromatic heterocycles. The van der Waals surface area contributed by atoms with E-state index in [9.17, 15) is 0 Å².